The van der Waals surface area contributed by atoms with Crippen molar-refractivity contribution in [3.05, 3.63) is 28.5 Å². The number of β-amino-alcohol motifs (C(OH)–C–C–N with tert-alkyl or cyclic N) is 1. The smallest absolute Gasteiger partial charge is 0.173 e. The van der Waals surface area contributed by atoms with E-state index in [9.17, 15) is 9.50 Å². The number of hydrogen-bond acceptors (Lipinski definition) is 4. The molecule has 2 aliphatic rings. The Morgan fingerprint density at radius 1 is 1.25 bits per heavy atom. The quantitative estimate of drug-likeness (QED) is 0.899. The van der Waals surface area contributed by atoms with Gasteiger partial charge in [-0.25, -0.2) is 4.39 Å². The van der Waals surface area contributed by atoms with Crippen molar-refractivity contribution in [2.45, 2.75) is 44.4 Å². The minimum absolute atomic E-state index is 0.114. The Balaban J connectivity index is 1.54. The van der Waals surface area contributed by atoms with Crippen LogP contribution in [0.25, 0.3) is 0 Å². The van der Waals surface area contributed by atoms with E-state index in [-0.39, 0.29) is 11.9 Å². The second-order valence-corrected chi connectivity index (χ2v) is 7.30. The van der Waals surface area contributed by atoms with Crippen LogP contribution in [0.4, 0.5) is 4.39 Å². The molecule has 2 fully saturated rings. The third kappa shape index (κ3) is 4.20. The molecule has 0 unspecified atom stereocenters. The molecule has 1 aromatic carbocycles. The molecule has 0 saturated carbocycles. The SMILES string of the molecule is COc1c(F)cc(CN2CCC(N3CCC[C@@H](O)C3)CC2)cc1Cl. The molecule has 4 nitrogen and oxygen atoms in total. The van der Waals surface area contributed by atoms with E-state index in [2.05, 4.69) is 9.80 Å². The summed E-state index contributed by atoms with van der Waals surface area (Å²) in [5.74, 6) is -0.292. The van der Waals surface area contributed by atoms with Gasteiger partial charge in [0, 0.05) is 19.1 Å². The highest BCUT2D eigenvalue weighted by atomic mass is 35.5. The molecule has 1 aromatic rings. The van der Waals surface area contributed by atoms with E-state index in [1.807, 2.05) is 0 Å². The molecule has 0 aliphatic carbocycles. The molecule has 2 heterocycles. The van der Waals surface area contributed by atoms with Gasteiger partial charge in [-0.15, -0.1) is 0 Å². The first kappa shape index (κ1) is 17.9. The average molecular weight is 357 g/mol. The Kier molecular flexibility index (Phi) is 5.98. The van der Waals surface area contributed by atoms with E-state index in [1.165, 1.54) is 13.2 Å². The first-order valence-electron chi connectivity index (χ1n) is 8.73. The Labute approximate surface area is 148 Å². The van der Waals surface area contributed by atoms with Crippen molar-refractivity contribution in [3.8, 4) is 5.75 Å². The Bertz CT molecular complexity index is 541. The van der Waals surface area contributed by atoms with Crippen molar-refractivity contribution in [2.24, 2.45) is 0 Å². The maximum atomic E-state index is 13.9. The number of piperidine rings is 2. The number of benzene rings is 1. The third-order valence-corrected chi connectivity index (χ3v) is 5.45. The van der Waals surface area contributed by atoms with E-state index in [1.54, 1.807) is 6.07 Å². The Morgan fingerprint density at radius 2 is 2.00 bits per heavy atom. The molecule has 24 heavy (non-hydrogen) atoms. The number of halogens is 2. The normalized spacial score (nSPS) is 24.2. The molecule has 0 amide bonds. The molecule has 0 aromatic heterocycles. The lowest BCUT2D eigenvalue weighted by molar-refractivity contribution is 0.0243. The van der Waals surface area contributed by atoms with Gasteiger partial charge in [0.25, 0.3) is 0 Å². The van der Waals surface area contributed by atoms with Crippen LogP contribution in [-0.2, 0) is 6.54 Å². The number of likely N-dealkylation sites (tertiary alicyclic amines) is 2. The van der Waals surface area contributed by atoms with Gasteiger partial charge in [0.05, 0.1) is 18.2 Å². The van der Waals surface area contributed by atoms with E-state index in [0.29, 0.717) is 17.6 Å². The zero-order valence-electron chi connectivity index (χ0n) is 14.2. The van der Waals surface area contributed by atoms with Gasteiger partial charge in [0.1, 0.15) is 0 Å². The predicted octanol–water partition coefficient (Wildman–Crippen LogP) is 2.91. The van der Waals surface area contributed by atoms with Crippen LogP contribution in [0.3, 0.4) is 0 Å². The first-order chi connectivity index (χ1) is 11.6. The fraction of sp³-hybridized carbons (Fsp3) is 0.667. The monoisotopic (exact) mass is 356 g/mol. The zero-order valence-corrected chi connectivity index (χ0v) is 14.9. The lowest BCUT2D eigenvalue weighted by atomic mass is 9.98. The van der Waals surface area contributed by atoms with Crippen LogP contribution < -0.4 is 4.74 Å². The van der Waals surface area contributed by atoms with Crippen molar-refractivity contribution < 1.29 is 14.2 Å². The number of nitrogens with zero attached hydrogens (tertiary/aromatic N) is 2. The summed E-state index contributed by atoms with van der Waals surface area (Å²) >= 11 is 6.08. The van der Waals surface area contributed by atoms with E-state index in [4.69, 9.17) is 16.3 Å². The molecular formula is C18H26ClFN2O2. The highest BCUT2D eigenvalue weighted by molar-refractivity contribution is 6.32. The van der Waals surface area contributed by atoms with Crippen LogP contribution >= 0.6 is 11.6 Å². The van der Waals surface area contributed by atoms with Gasteiger partial charge >= 0.3 is 0 Å². The van der Waals surface area contributed by atoms with Gasteiger partial charge in [-0.05, 0) is 63.0 Å². The van der Waals surface area contributed by atoms with E-state index in [0.717, 1.165) is 57.4 Å². The third-order valence-electron chi connectivity index (χ3n) is 5.17. The lowest BCUT2D eigenvalue weighted by Crippen LogP contribution is -2.49. The van der Waals surface area contributed by atoms with Crippen LogP contribution in [-0.4, -0.2) is 60.3 Å². The van der Waals surface area contributed by atoms with Crippen molar-refractivity contribution in [2.75, 3.05) is 33.3 Å². The summed E-state index contributed by atoms with van der Waals surface area (Å²) in [5, 5.41) is 10.2. The summed E-state index contributed by atoms with van der Waals surface area (Å²) in [5.41, 5.74) is 0.880. The Hall–Kier alpha value is -0.880. The van der Waals surface area contributed by atoms with Crippen LogP contribution in [0, 0.1) is 5.82 Å². The van der Waals surface area contributed by atoms with Crippen molar-refractivity contribution in [1.82, 2.24) is 9.80 Å². The number of ether oxygens (including phenoxy) is 1. The van der Waals surface area contributed by atoms with Gasteiger partial charge in [-0.1, -0.05) is 11.6 Å². The molecule has 1 N–H and O–H groups in total. The molecule has 134 valence electrons. The van der Waals surface area contributed by atoms with Crippen molar-refractivity contribution >= 4 is 11.6 Å². The maximum absolute atomic E-state index is 13.9. The largest absolute Gasteiger partial charge is 0.492 e. The number of aliphatic hydroxyl groups is 1. The number of methoxy groups -OCH3 is 1. The van der Waals surface area contributed by atoms with Gasteiger partial charge in [-0.3, -0.25) is 9.80 Å². The molecule has 2 saturated heterocycles. The zero-order chi connectivity index (χ0) is 17.1. The van der Waals surface area contributed by atoms with Crippen LogP contribution in [0.2, 0.25) is 5.02 Å². The molecular weight excluding hydrogens is 331 g/mol. The topological polar surface area (TPSA) is 35.9 Å². The summed E-state index contributed by atoms with van der Waals surface area (Å²) in [7, 11) is 1.42. The standard InChI is InChI=1S/C18H26ClFN2O2/c1-24-18-16(19)9-13(10-17(18)20)11-21-7-4-14(5-8-21)22-6-2-3-15(23)12-22/h9-10,14-15,23H,2-8,11-12H2,1H3/t15-/m1/s1. The van der Waals surface area contributed by atoms with Crippen LogP contribution in [0.5, 0.6) is 5.75 Å². The second kappa shape index (κ2) is 8.00. The lowest BCUT2D eigenvalue weighted by Gasteiger charge is -2.41. The van der Waals surface area contributed by atoms with Crippen LogP contribution in [0.1, 0.15) is 31.2 Å². The summed E-state index contributed by atoms with van der Waals surface area (Å²) < 4.78 is 18.9. The number of aliphatic hydroxyl groups excluding tert-OH is 1. The Morgan fingerprint density at radius 3 is 2.62 bits per heavy atom. The number of hydrogen-bond donors (Lipinski definition) is 1. The van der Waals surface area contributed by atoms with Gasteiger partial charge in [0.15, 0.2) is 11.6 Å². The van der Waals surface area contributed by atoms with Crippen LogP contribution in [0.15, 0.2) is 12.1 Å². The fourth-order valence-corrected chi connectivity index (χ4v) is 4.22. The molecule has 2 aliphatic heterocycles. The maximum Gasteiger partial charge on any atom is 0.173 e. The molecule has 0 radical (unpaired) electrons. The summed E-state index contributed by atoms with van der Waals surface area (Å²) in [6, 6.07) is 3.86. The molecule has 6 heteroatoms. The predicted molar refractivity (Wildman–Crippen MR) is 93.1 cm³/mol. The fourth-order valence-electron chi connectivity index (χ4n) is 3.91. The van der Waals surface area contributed by atoms with Crippen molar-refractivity contribution in [1.29, 1.82) is 0 Å². The summed E-state index contributed by atoms with van der Waals surface area (Å²) in [6.45, 7) is 4.59. The number of rotatable bonds is 4. The van der Waals surface area contributed by atoms with Gasteiger partial charge < -0.3 is 9.84 Å². The van der Waals surface area contributed by atoms with E-state index >= 15 is 0 Å². The molecule has 1 atom stereocenters. The average Bonchev–Trinajstić information content (AvgIpc) is 2.55. The first-order valence-corrected chi connectivity index (χ1v) is 9.11. The molecule has 3 rings (SSSR count). The minimum Gasteiger partial charge on any atom is -0.492 e. The van der Waals surface area contributed by atoms with E-state index < -0.39 is 5.82 Å². The second-order valence-electron chi connectivity index (χ2n) is 6.89. The van der Waals surface area contributed by atoms with Gasteiger partial charge in [-0.2, -0.15) is 0 Å². The summed E-state index contributed by atoms with van der Waals surface area (Å²) in [4.78, 5) is 4.78. The molecule has 0 bridgehead atoms. The van der Waals surface area contributed by atoms with Gasteiger partial charge in [0.2, 0.25) is 0 Å². The highest BCUT2D eigenvalue weighted by Gasteiger charge is 2.28. The summed E-state index contributed by atoms with van der Waals surface area (Å²) in [6.07, 6.45) is 4.05. The minimum atomic E-state index is -0.405. The van der Waals surface area contributed by atoms with Crippen molar-refractivity contribution in [3.63, 3.8) is 0 Å². The molecule has 0 spiro atoms. The highest BCUT2D eigenvalue weighted by Crippen LogP contribution is 2.30.